The van der Waals surface area contributed by atoms with Gasteiger partial charge in [0.15, 0.2) is 0 Å². The Morgan fingerprint density at radius 1 is 1.04 bits per heavy atom. The van der Waals surface area contributed by atoms with Gasteiger partial charge in [0, 0.05) is 12.1 Å². The van der Waals surface area contributed by atoms with Crippen LogP contribution in [0.3, 0.4) is 0 Å². The molecular formula is C21H19NO2. The molecule has 1 N–H and O–H groups in total. The van der Waals surface area contributed by atoms with Gasteiger partial charge in [-0.15, -0.1) is 0 Å². The Hall–Kier alpha value is -2.81. The molecule has 3 aromatic carbocycles. The van der Waals surface area contributed by atoms with Gasteiger partial charge in [0.25, 0.3) is 5.91 Å². The van der Waals surface area contributed by atoms with E-state index in [1.165, 1.54) is 16.5 Å². The lowest BCUT2D eigenvalue weighted by Crippen LogP contribution is -2.23. The molecule has 1 aliphatic rings. The summed E-state index contributed by atoms with van der Waals surface area (Å²) in [7, 11) is 1.64. The minimum Gasteiger partial charge on any atom is -0.497 e. The summed E-state index contributed by atoms with van der Waals surface area (Å²) in [5, 5.41) is 5.35. The average molecular weight is 317 g/mol. The second-order valence-electron chi connectivity index (χ2n) is 6.15. The maximum absolute atomic E-state index is 12.7. The summed E-state index contributed by atoms with van der Waals surface area (Å²) in [6.45, 7) is 0.485. The van der Waals surface area contributed by atoms with E-state index in [4.69, 9.17) is 4.74 Å². The smallest absolute Gasteiger partial charge is 0.252 e. The van der Waals surface area contributed by atoms with Crippen LogP contribution < -0.4 is 10.1 Å². The van der Waals surface area contributed by atoms with E-state index in [1.54, 1.807) is 7.11 Å². The van der Waals surface area contributed by atoms with Crippen molar-refractivity contribution in [2.75, 3.05) is 7.11 Å². The van der Waals surface area contributed by atoms with Gasteiger partial charge >= 0.3 is 0 Å². The maximum atomic E-state index is 12.7. The predicted molar refractivity (Wildman–Crippen MR) is 95.5 cm³/mol. The molecule has 0 spiro atoms. The Labute approximate surface area is 141 Å². The number of benzene rings is 3. The van der Waals surface area contributed by atoms with Crippen molar-refractivity contribution in [3.05, 3.63) is 76.9 Å². The first-order valence-corrected chi connectivity index (χ1v) is 8.21. The van der Waals surface area contributed by atoms with Gasteiger partial charge in [-0.3, -0.25) is 4.79 Å². The van der Waals surface area contributed by atoms with Crippen LogP contribution in [0.1, 0.15) is 27.0 Å². The largest absolute Gasteiger partial charge is 0.497 e. The molecular weight excluding hydrogens is 298 g/mol. The van der Waals surface area contributed by atoms with E-state index in [1.807, 2.05) is 42.5 Å². The van der Waals surface area contributed by atoms with Gasteiger partial charge in [-0.25, -0.2) is 0 Å². The van der Waals surface area contributed by atoms with Crippen molar-refractivity contribution < 1.29 is 9.53 Å². The number of hydrogen-bond acceptors (Lipinski definition) is 2. The number of amides is 1. The number of carbonyl (C=O) groups excluding carboxylic acids is 1. The molecule has 0 unspecified atom stereocenters. The standard InChI is InChI=1S/C21H19NO2/c1-24-17-6-2-4-14(12-17)13-22-21(23)19-11-10-16-9-8-15-5-3-7-18(19)20(15)16/h2-7,10-12H,8-9,13H2,1H3,(H,22,23). The molecule has 3 aromatic rings. The highest BCUT2D eigenvalue weighted by Crippen LogP contribution is 2.32. The molecule has 24 heavy (non-hydrogen) atoms. The number of ether oxygens (including phenoxy) is 1. The Morgan fingerprint density at radius 2 is 1.83 bits per heavy atom. The molecule has 120 valence electrons. The van der Waals surface area contributed by atoms with Crippen molar-refractivity contribution in [1.82, 2.24) is 5.32 Å². The molecule has 0 bridgehead atoms. The molecule has 3 heteroatoms. The van der Waals surface area contributed by atoms with Crippen LogP contribution in [0.2, 0.25) is 0 Å². The van der Waals surface area contributed by atoms with Crippen LogP contribution in [0.15, 0.2) is 54.6 Å². The highest BCUT2D eigenvalue weighted by Gasteiger charge is 2.18. The fourth-order valence-corrected chi connectivity index (χ4v) is 3.50. The summed E-state index contributed by atoms with van der Waals surface area (Å²) in [5.74, 6) is 0.764. The van der Waals surface area contributed by atoms with Gasteiger partial charge < -0.3 is 10.1 Å². The van der Waals surface area contributed by atoms with Crippen LogP contribution >= 0.6 is 0 Å². The fraction of sp³-hybridized carbons (Fsp3) is 0.190. The van der Waals surface area contributed by atoms with E-state index in [9.17, 15) is 4.79 Å². The molecule has 0 atom stereocenters. The first kappa shape index (κ1) is 14.8. The van der Waals surface area contributed by atoms with Gasteiger partial charge in [0.1, 0.15) is 5.75 Å². The normalized spacial score (nSPS) is 12.4. The van der Waals surface area contributed by atoms with Gasteiger partial charge in [0.2, 0.25) is 0 Å². The second kappa shape index (κ2) is 6.00. The third kappa shape index (κ3) is 2.52. The zero-order chi connectivity index (χ0) is 16.5. The summed E-state index contributed by atoms with van der Waals surface area (Å²) in [5.41, 5.74) is 4.48. The molecule has 3 nitrogen and oxygen atoms in total. The van der Waals surface area contributed by atoms with Crippen molar-refractivity contribution in [2.45, 2.75) is 19.4 Å². The summed E-state index contributed by atoms with van der Waals surface area (Å²) < 4.78 is 5.22. The third-order valence-corrected chi connectivity index (χ3v) is 4.71. The van der Waals surface area contributed by atoms with E-state index in [0.717, 1.165) is 35.1 Å². The van der Waals surface area contributed by atoms with E-state index in [-0.39, 0.29) is 5.91 Å². The highest BCUT2D eigenvalue weighted by atomic mass is 16.5. The van der Waals surface area contributed by atoms with Crippen molar-refractivity contribution in [1.29, 1.82) is 0 Å². The lowest BCUT2D eigenvalue weighted by molar-refractivity contribution is 0.0952. The molecule has 0 aliphatic heterocycles. The Balaban J connectivity index is 1.60. The Morgan fingerprint density at radius 3 is 2.67 bits per heavy atom. The minimum absolute atomic E-state index is 0.0339. The average Bonchev–Trinajstić information content (AvgIpc) is 3.05. The summed E-state index contributed by atoms with van der Waals surface area (Å²) in [6, 6.07) is 18.1. The lowest BCUT2D eigenvalue weighted by Gasteiger charge is -2.10. The number of hydrogen-bond donors (Lipinski definition) is 1. The number of rotatable bonds is 4. The minimum atomic E-state index is -0.0339. The molecule has 0 radical (unpaired) electrons. The molecule has 1 aliphatic carbocycles. The van der Waals surface area contributed by atoms with Crippen LogP contribution in [-0.4, -0.2) is 13.0 Å². The lowest BCUT2D eigenvalue weighted by atomic mass is 9.99. The van der Waals surface area contributed by atoms with E-state index >= 15 is 0 Å². The van der Waals surface area contributed by atoms with Crippen molar-refractivity contribution in [2.24, 2.45) is 0 Å². The third-order valence-electron chi connectivity index (χ3n) is 4.71. The predicted octanol–water partition coefficient (Wildman–Crippen LogP) is 3.88. The second-order valence-corrected chi connectivity index (χ2v) is 6.15. The quantitative estimate of drug-likeness (QED) is 0.793. The number of nitrogens with one attached hydrogen (secondary N) is 1. The van der Waals surface area contributed by atoms with Gasteiger partial charge in [-0.2, -0.15) is 0 Å². The molecule has 0 aromatic heterocycles. The van der Waals surface area contributed by atoms with E-state index in [0.29, 0.717) is 6.54 Å². The topological polar surface area (TPSA) is 38.3 Å². The van der Waals surface area contributed by atoms with Crippen LogP contribution in [0.5, 0.6) is 5.75 Å². The van der Waals surface area contributed by atoms with E-state index < -0.39 is 0 Å². The van der Waals surface area contributed by atoms with Crippen molar-refractivity contribution in [3.8, 4) is 5.75 Å². The highest BCUT2D eigenvalue weighted by molar-refractivity contribution is 6.09. The monoisotopic (exact) mass is 317 g/mol. The molecule has 0 saturated carbocycles. The fourth-order valence-electron chi connectivity index (χ4n) is 3.50. The van der Waals surface area contributed by atoms with Crippen LogP contribution in [0.4, 0.5) is 0 Å². The van der Waals surface area contributed by atoms with Crippen molar-refractivity contribution in [3.63, 3.8) is 0 Å². The molecule has 0 fully saturated rings. The van der Waals surface area contributed by atoms with Crippen LogP contribution in [0, 0.1) is 0 Å². The molecule has 1 amide bonds. The zero-order valence-corrected chi connectivity index (χ0v) is 13.6. The maximum Gasteiger partial charge on any atom is 0.252 e. The number of carbonyl (C=O) groups is 1. The number of aryl methyl sites for hydroxylation is 2. The van der Waals surface area contributed by atoms with E-state index in [2.05, 4.69) is 17.4 Å². The Kier molecular flexibility index (Phi) is 3.69. The van der Waals surface area contributed by atoms with Crippen LogP contribution in [0.25, 0.3) is 10.8 Å². The summed E-state index contributed by atoms with van der Waals surface area (Å²) >= 11 is 0. The molecule has 4 rings (SSSR count). The molecule has 0 heterocycles. The van der Waals surface area contributed by atoms with Crippen molar-refractivity contribution >= 4 is 16.7 Å². The first-order valence-electron chi connectivity index (χ1n) is 8.21. The molecule has 0 saturated heterocycles. The first-order chi connectivity index (χ1) is 11.8. The van der Waals surface area contributed by atoms with Gasteiger partial charge in [-0.05, 0) is 58.5 Å². The Bertz CT molecular complexity index is 920. The number of methoxy groups -OCH3 is 1. The van der Waals surface area contributed by atoms with Gasteiger partial charge in [0.05, 0.1) is 7.11 Å². The summed E-state index contributed by atoms with van der Waals surface area (Å²) in [6.07, 6.45) is 2.14. The van der Waals surface area contributed by atoms with Crippen LogP contribution in [-0.2, 0) is 19.4 Å². The zero-order valence-electron chi connectivity index (χ0n) is 13.6. The summed E-state index contributed by atoms with van der Waals surface area (Å²) in [4.78, 5) is 12.7. The SMILES string of the molecule is COc1cccc(CNC(=O)c2ccc3c4c(cccc24)CC3)c1. The van der Waals surface area contributed by atoms with Gasteiger partial charge in [-0.1, -0.05) is 36.4 Å².